The zero-order chi connectivity index (χ0) is 21.6. The molecule has 29 heavy (non-hydrogen) atoms. The minimum absolute atomic E-state index is 0.169. The minimum Gasteiger partial charge on any atom is -0.399 e. The van der Waals surface area contributed by atoms with Gasteiger partial charge in [-0.2, -0.15) is 13.2 Å². The smallest absolute Gasteiger partial charge is 0.399 e. The molecule has 1 aliphatic heterocycles. The van der Waals surface area contributed by atoms with Gasteiger partial charge in [-0.05, 0) is 64.3 Å². The minimum atomic E-state index is -4.51. The number of hydrogen-bond acceptors (Lipinski definition) is 4. The quantitative estimate of drug-likeness (QED) is 0.785. The van der Waals surface area contributed by atoms with Crippen LogP contribution in [0, 0.1) is 6.92 Å². The highest BCUT2D eigenvalue weighted by Gasteiger charge is 2.52. The van der Waals surface area contributed by atoms with E-state index in [1.807, 2.05) is 34.6 Å². The van der Waals surface area contributed by atoms with Gasteiger partial charge in [0.2, 0.25) is 0 Å². The Kier molecular flexibility index (Phi) is 5.25. The van der Waals surface area contributed by atoms with Crippen LogP contribution in [0.5, 0.6) is 0 Å². The number of aryl methyl sites for hydroxylation is 1. The Morgan fingerprint density at radius 1 is 1.07 bits per heavy atom. The maximum absolute atomic E-state index is 12.8. The van der Waals surface area contributed by atoms with Crippen molar-refractivity contribution >= 4 is 24.3 Å². The highest BCUT2D eigenvalue weighted by molar-refractivity contribution is 6.62. The number of pyridine rings is 1. The Balaban J connectivity index is 1.78. The van der Waals surface area contributed by atoms with E-state index in [1.165, 1.54) is 0 Å². The van der Waals surface area contributed by atoms with Gasteiger partial charge in [-0.1, -0.05) is 11.6 Å². The number of carbonyl (C=O) groups excluding carboxylic acids is 1. The van der Waals surface area contributed by atoms with Gasteiger partial charge < -0.3 is 14.6 Å². The summed E-state index contributed by atoms with van der Waals surface area (Å²) >= 11 is 0. The van der Waals surface area contributed by atoms with Crippen molar-refractivity contribution in [1.29, 1.82) is 0 Å². The lowest BCUT2D eigenvalue weighted by molar-refractivity contribution is -0.137. The van der Waals surface area contributed by atoms with Crippen LogP contribution in [-0.2, 0) is 15.5 Å². The van der Waals surface area contributed by atoms with Gasteiger partial charge in [0.05, 0.1) is 16.8 Å². The molecule has 0 bridgehead atoms. The van der Waals surface area contributed by atoms with E-state index in [9.17, 15) is 18.0 Å². The molecule has 2 aromatic rings. The van der Waals surface area contributed by atoms with Gasteiger partial charge in [0.1, 0.15) is 5.82 Å². The Morgan fingerprint density at radius 2 is 1.69 bits per heavy atom. The Hall–Kier alpha value is -2.39. The SMILES string of the molecule is Cc1cc(C(=O)Nc2cc(C(F)(F)F)ccn2)ccc1B1OC(C)(C)C(C)(C)O1. The van der Waals surface area contributed by atoms with Crippen LogP contribution in [0.25, 0.3) is 0 Å². The van der Waals surface area contributed by atoms with E-state index >= 15 is 0 Å². The fraction of sp³-hybridized carbons (Fsp3) is 0.400. The topological polar surface area (TPSA) is 60.5 Å². The van der Waals surface area contributed by atoms with E-state index in [-0.39, 0.29) is 5.82 Å². The first-order valence-electron chi connectivity index (χ1n) is 9.11. The first-order chi connectivity index (χ1) is 13.3. The summed E-state index contributed by atoms with van der Waals surface area (Å²) in [5.41, 5.74) is -0.00686. The number of aromatic nitrogens is 1. The maximum atomic E-state index is 12.8. The number of amides is 1. The van der Waals surface area contributed by atoms with E-state index < -0.39 is 36.0 Å². The molecule has 1 aromatic carbocycles. The molecule has 2 heterocycles. The average molecular weight is 406 g/mol. The molecule has 154 valence electrons. The first-order valence-corrected chi connectivity index (χ1v) is 9.11. The van der Waals surface area contributed by atoms with Gasteiger partial charge >= 0.3 is 13.3 Å². The predicted octanol–water partition coefficient (Wildman–Crippen LogP) is 3.96. The lowest BCUT2D eigenvalue weighted by atomic mass is 9.76. The molecule has 0 aliphatic carbocycles. The lowest BCUT2D eigenvalue weighted by Gasteiger charge is -2.32. The number of benzene rings is 1. The first kappa shape index (κ1) is 21.3. The van der Waals surface area contributed by atoms with Gasteiger partial charge in [0.15, 0.2) is 0 Å². The van der Waals surface area contributed by atoms with Gasteiger partial charge in [-0.3, -0.25) is 4.79 Å². The van der Waals surface area contributed by atoms with Crippen LogP contribution in [0.4, 0.5) is 19.0 Å². The zero-order valence-electron chi connectivity index (χ0n) is 16.8. The summed E-state index contributed by atoms with van der Waals surface area (Å²) in [5, 5.41) is 2.40. The fourth-order valence-corrected chi connectivity index (χ4v) is 2.92. The molecule has 0 atom stereocenters. The normalized spacial score (nSPS) is 18.0. The summed E-state index contributed by atoms with van der Waals surface area (Å²) in [6.07, 6.45) is -3.51. The molecule has 1 aliphatic rings. The van der Waals surface area contributed by atoms with Gasteiger partial charge in [-0.15, -0.1) is 0 Å². The fourth-order valence-electron chi connectivity index (χ4n) is 2.92. The third-order valence-electron chi connectivity index (χ3n) is 5.37. The van der Waals surface area contributed by atoms with Gasteiger partial charge in [-0.25, -0.2) is 4.98 Å². The van der Waals surface area contributed by atoms with E-state index in [2.05, 4.69) is 10.3 Å². The van der Waals surface area contributed by atoms with Gasteiger partial charge in [0.25, 0.3) is 5.91 Å². The predicted molar refractivity (Wildman–Crippen MR) is 104 cm³/mol. The highest BCUT2D eigenvalue weighted by Crippen LogP contribution is 2.36. The second-order valence-corrected chi connectivity index (χ2v) is 8.04. The molecule has 1 saturated heterocycles. The monoisotopic (exact) mass is 406 g/mol. The van der Waals surface area contributed by atoms with Crippen molar-refractivity contribution in [3.8, 4) is 0 Å². The average Bonchev–Trinajstić information content (AvgIpc) is 2.81. The summed E-state index contributed by atoms with van der Waals surface area (Å²) in [7, 11) is -0.567. The van der Waals surface area contributed by atoms with E-state index in [0.717, 1.165) is 29.4 Å². The van der Waals surface area contributed by atoms with Crippen LogP contribution in [0.1, 0.15) is 49.2 Å². The number of nitrogens with one attached hydrogen (secondary N) is 1. The van der Waals surface area contributed by atoms with Crippen LogP contribution in [0.15, 0.2) is 36.5 Å². The molecule has 5 nitrogen and oxygen atoms in total. The number of rotatable bonds is 3. The van der Waals surface area contributed by atoms with Crippen molar-refractivity contribution in [2.45, 2.75) is 52.0 Å². The molecule has 0 unspecified atom stereocenters. The van der Waals surface area contributed by atoms with Crippen molar-refractivity contribution < 1.29 is 27.3 Å². The molecule has 0 saturated carbocycles. The van der Waals surface area contributed by atoms with Crippen molar-refractivity contribution in [1.82, 2.24) is 4.98 Å². The molecule has 1 aromatic heterocycles. The van der Waals surface area contributed by atoms with Crippen LogP contribution in [-0.4, -0.2) is 29.2 Å². The van der Waals surface area contributed by atoms with E-state index in [4.69, 9.17) is 9.31 Å². The number of alkyl halides is 3. The Labute approximate surface area is 167 Å². The molecule has 9 heteroatoms. The van der Waals surface area contributed by atoms with Crippen molar-refractivity contribution in [3.63, 3.8) is 0 Å². The third kappa shape index (κ3) is 4.30. The van der Waals surface area contributed by atoms with Crippen molar-refractivity contribution in [3.05, 3.63) is 53.2 Å². The molecular weight excluding hydrogens is 384 g/mol. The van der Waals surface area contributed by atoms with Crippen LogP contribution in [0.3, 0.4) is 0 Å². The summed E-state index contributed by atoms with van der Waals surface area (Å²) < 4.78 is 50.5. The summed E-state index contributed by atoms with van der Waals surface area (Å²) in [6.45, 7) is 9.62. The standard InChI is InChI=1S/C20H22BF3N2O3/c1-12-10-13(6-7-15(12)21-28-18(2,3)19(4,5)29-21)17(27)26-16-11-14(8-9-25-16)20(22,23)24/h6-11H,1-5H3,(H,25,26,27). The number of hydrogen-bond donors (Lipinski definition) is 1. The number of halogens is 3. The summed E-state index contributed by atoms with van der Waals surface area (Å²) in [5.74, 6) is -0.724. The van der Waals surface area contributed by atoms with E-state index in [1.54, 1.807) is 18.2 Å². The van der Waals surface area contributed by atoms with Gasteiger partial charge in [0, 0.05) is 11.8 Å². The second kappa shape index (κ2) is 7.14. The molecule has 3 rings (SSSR count). The third-order valence-corrected chi connectivity index (χ3v) is 5.37. The van der Waals surface area contributed by atoms with Crippen LogP contribution < -0.4 is 10.8 Å². The molecular formula is C20H22BF3N2O3. The second-order valence-electron chi connectivity index (χ2n) is 8.04. The maximum Gasteiger partial charge on any atom is 0.495 e. The van der Waals surface area contributed by atoms with Crippen molar-refractivity contribution in [2.75, 3.05) is 5.32 Å². The molecule has 0 spiro atoms. The number of nitrogens with zero attached hydrogens (tertiary/aromatic N) is 1. The molecule has 1 fully saturated rings. The summed E-state index contributed by atoms with van der Waals surface area (Å²) in [4.78, 5) is 16.3. The van der Waals surface area contributed by atoms with E-state index in [0.29, 0.717) is 5.56 Å². The molecule has 0 radical (unpaired) electrons. The van der Waals surface area contributed by atoms with Crippen LogP contribution >= 0.6 is 0 Å². The Morgan fingerprint density at radius 3 is 2.24 bits per heavy atom. The zero-order valence-corrected chi connectivity index (χ0v) is 16.8. The molecule has 1 amide bonds. The Bertz CT molecular complexity index is 929. The van der Waals surface area contributed by atoms with Crippen molar-refractivity contribution in [2.24, 2.45) is 0 Å². The largest absolute Gasteiger partial charge is 0.495 e. The lowest BCUT2D eigenvalue weighted by Crippen LogP contribution is -2.41. The summed E-state index contributed by atoms with van der Waals surface area (Å²) in [6, 6.07) is 6.59. The van der Waals surface area contributed by atoms with Crippen LogP contribution in [0.2, 0.25) is 0 Å². The number of anilines is 1. The number of carbonyl (C=O) groups is 1. The molecule has 1 N–H and O–H groups in total. The highest BCUT2D eigenvalue weighted by atomic mass is 19.4.